The summed E-state index contributed by atoms with van der Waals surface area (Å²) in [6.45, 7) is 5.57. The Hall–Kier alpha value is -0.870. The summed E-state index contributed by atoms with van der Waals surface area (Å²) < 4.78 is 5.02. The maximum Gasteiger partial charge on any atom is 0.251 e. The Bertz CT molecular complexity index is 390. The first kappa shape index (κ1) is 16.2. The maximum atomic E-state index is 11.9. The van der Waals surface area contributed by atoms with E-state index in [0.29, 0.717) is 24.6 Å². The lowest BCUT2D eigenvalue weighted by Gasteiger charge is -2.10. The van der Waals surface area contributed by atoms with Gasteiger partial charge >= 0.3 is 0 Å². The number of carbonyl (C=O) groups excluding carboxylic acids is 1. The van der Waals surface area contributed by atoms with Gasteiger partial charge in [-0.05, 0) is 30.0 Å². The van der Waals surface area contributed by atoms with E-state index in [9.17, 15) is 4.79 Å². The molecule has 1 N–H and O–H groups in total. The zero-order valence-corrected chi connectivity index (χ0v) is 13.4. The van der Waals surface area contributed by atoms with Crippen LogP contribution in [0.5, 0.6) is 0 Å². The van der Waals surface area contributed by atoms with Crippen molar-refractivity contribution in [2.45, 2.75) is 31.0 Å². The van der Waals surface area contributed by atoms with Gasteiger partial charge in [0.25, 0.3) is 5.91 Å². The van der Waals surface area contributed by atoms with E-state index in [-0.39, 0.29) is 10.7 Å². The fourth-order valence-electron chi connectivity index (χ4n) is 1.73. The normalized spacial score (nSPS) is 12.5. The Kier molecular flexibility index (Phi) is 7.10. The number of nitrogens with one attached hydrogen (secondary N) is 1. The molecule has 0 aliphatic carbocycles. The van der Waals surface area contributed by atoms with Crippen molar-refractivity contribution >= 4 is 21.8 Å². The summed E-state index contributed by atoms with van der Waals surface area (Å²) in [4.78, 5) is 12.2. The molecule has 0 radical (unpaired) electrons. The summed E-state index contributed by atoms with van der Waals surface area (Å²) in [5.41, 5.74) is 1.96. The van der Waals surface area contributed by atoms with E-state index in [4.69, 9.17) is 4.74 Å². The monoisotopic (exact) mass is 327 g/mol. The highest BCUT2D eigenvalue weighted by molar-refractivity contribution is 9.09. The van der Waals surface area contributed by atoms with Crippen molar-refractivity contribution in [3.8, 4) is 0 Å². The fourth-order valence-corrected chi connectivity index (χ4v) is 2.22. The van der Waals surface area contributed by atoms with Crippen LogP contribution in [-0.4, -0.2) is 31.0 Å². The van der Waals surface area contributed by atoms with E-state index >= 15 is 0 Å². The molecule has 0 fully saturated rings. The first-order chi connectivity index (χ1) is 9.04. The van der Waals surface area contributed by atoms with Crippen molar-refractivity contribution in [2.75, 3.05) is 20.3 Å². The lowest BCUT2D eigenvalue weighted by Crippen LogP contribution is -2.26. The second-order valence-corrected chi connectivity index (χ2v) is 6.17. The average Bonchev–Trinajstić information content (AvgIpc) is 2.39. The molecule has 0 saturated carbocycles. The third-order valence-electron chi connectivity index (χ3n) is 2.93. The molecule has 1 amide bonds. The van der Waals surface area contributed by atoms with E-state index in [1.54, 1.807) is 7.11 Å². The number of halogens is 1. The largest absolute Gasteiger partial charge is 0.384 e. The fraction of sp³-hybridized carbons (Fsp3) is 0.533. The number of methoxy groups -OCH3 is 1. The van der Waals surface area contributed by atoms with Crippen LogP contribution in [0.25, 0.3) is 0 Å². The molecule has 1 rings (SSSR count). The highest BCUT2D eigenvalue weighted by atomic mass is 79.9. The van der Waals surface area contributed by atoms with Gasteiger partial charge in [-0.15, -0.1) is 0 Å². The van der Waals surface area contributed by atoms with Gasteiger partial charge in [-0.1, -0.05) is 41.9 Å². The third kappa shape index (κ3) is 5.74. The molecule has 1 atom stereocenters. The van der Waals surface area contributed by atoms with Crippen molar-refractivity contribution in [2.24, 2.45) is 0 Å². The van der Waals surface area contributed by atoms with Crippen LogP contribution in [0.15, 0.2) is 24.3 Å². The predicted molar refractivity (Wildman–Crippen MR) is 82.1 cm³/mol. The van der Waals surface area contributed by atoms with Gasteiger partial charge in [-0.3, -0.25) is 4.79 Å². The van der Waals surface area contributed by atoms with Crippen LogP contribution in [0, 0.1) is 0 Å². The van der Waals surface area contributed by atoms with Gasteiger partial charge in [0.2, 0.25) is 0 Å². The Morgan fingerprint density at radius 2 is 1.95 bits per heavy atom. The molecule has 1 aromatic carbocycles. The molecule has 0 aliphatic heterocycles. The van der Waals surface area contributed by atoms with Crippen LogP contribution < -0.4 is 5.32 Å². The number of carbonyl (C=O) groups is 1. The first-order valence-corrected chi connectivity index (χ1v) is 7.47. The van der Waals surface area contributed by atoms with Crippen molar-refractivity contribution in [3.63, 3.8) is 0 Å². The van der Waals surface area contributed by atoms with Crippen LogP contribution in [-0.2, 0) is 4.74 Å². The Labute approximate surface area is 123 Å². The van der Waals surface area contributed by atoms with Gasteiger partial charge < -0.3 is 10.1 Å². The standard InChI is InChI=1S/C15H22BrNO2/c1-11(2)12-4-6-13(7-5-12)15(18)17-9-8-14(16)10-19-3/h4-7,11,14H,8-10H2,1-3H3,(H,17,18). The minimum Gasteiger partial charge on any atom is -0.384 e. The van der Waals surface area contributed by atoms with E-state index in [1.165, 1.54) is 5.56 Å². The van der Waals surface area contributed by atoms with Gasteiger partial charge in [0.15, 0.2) is 0 Å². The Balaban J connectivity index is 2.41. The van der Waals surface area contributed by atoms with E-state index in [0.717, 1.165) is 6.42 Å². The smallest absolute Gasteiger partial charge is 0.251 e. The third-order valence-corrected chi connectivity index (χ3v) is 3.65. The summed E-state index contributed by atoms with van der Waals surface area (Å²) in [5, 5.41) is 2.91. The molecule has 106 valence electrons. The zero-order valence-electron chi connectivity index (χ0n) is 11.8. The summed E-state index contributed by atoms with van der Waals surface area (Å²) >= 11 is 3.49. The SMILES string of the molecule is COCC(Br)CCNC(=O)c1ccc(C(C)C)cc1. The van der Waals surface area contributed by atoms with Crippen LogP contribution in [0.3, 0.4) is 0 Å². The number of amides is 1. The minimum absolute atomic E-state index is 0.0209. The molecule has 0 bridgehead atoms. The molecule has 0 heterocycles. The molecule has 1 unspecified atom stereocenters. The summed E-state index contributed by atoms with van der Waals surface area (Å²) in [6, 6.07) is 7.78. The second kappa shape index (κ2) is 8.33. The number of ether oxygens (including phenoxy) is 1. The number of hydrogen-bond acceptors (Lipinski definition) is 2. The van der Waals surface area contributed by atoms with Gasteiger partial charge in [0.05, 0.1) is 6.61 Å². The number of alkyl halides is 1. The highest BCUT2D eigenvalue weighted by Crippen LogP contribution is 2.14. The van der Waals surface area contributed by atoms with Crippen molar-refractivity contribution in [1.29, 1.82) is 0 Å². The molecular weight excluding hydrogens is 306 g/mol. The van der Waals surface area contributed by atoms with E-state index in [1.807, 2.05) is 24.3 Å². The number of benzene rings is 1. The van der Waals surface area contributed by atoms with Gasteiger partial charge in [-0.25, -0.2) is 0 Å². The van der Waals surface area contributed by atoms with Gasteiger partial charge in [0, 0.05) is 24.0 Å². The number of rotatable bonds is 7. The molecule has 0 aliphatic rings. The molecule has 0 aromatic heterocycles. The lowest BCUT2D eigenvalue weighted by molar-refractivity contribution is 0.0952. The lowest BCUT2D eigenvalue weighted by atomic mass is 10.0. The summed E-state index contributed by atoms with van der Waals surface area (Å²) in [5.74, 6) is 0.465. The minimum atomic E-state index is -0.0209. The molecule has 0 saturated heterocycles. The van der Waals surface area contributed by atoms with E-state index in [2.05, 4.69) is 35.1 Å². The molecule has 3 nitrogen and oxygen atoms in total. The van der Waals surface area contributed by atoms with Gasteiger partial charge in [-0.2, -0.15) is 0 Å². The number of hydrogen-bond donors (Lipinski definition) is 1. The summed E-state index contributed by atoms with van der Waals surface area (Å²) in [6.07, 6.45) is 0.851. The van der Waals surface area contributed by atoms with Crippen LogP contribution >= 0.6 is 15.9 Å². The highest BCUT2D eigenvalue weighted by Gasteiger charge is 2.08. The molecule has 19 heavy (non-hydrogen) atoms. The molecule has 0 spiro atoms. The van der Waals surface area contributed by atoms with Crippen LogP contribution in [0.4, 0.5) is 0 Å². The van der Waals surface area contributed by atoms with Crippen LogP contribution in [0.2, 0.25) is 0 Å². The quantitative estimate of drug-likeness (QED) is 0.780. The molecule has 4 heteroatoms. The first-order valence-electron chi connectivity index (χ1n) is 6.55. The van der Waals surface area contributed by atoms with Crippen molar-refractivity contribution in [3.05, 3.63) is 35.4 Å². The van der Waals surface area contributed by atoms with Crippen LogP contribution in [0.1, 0.15) is 42.1 Å². The Morgan fingerprint density at radius 1 is 1.32 bits per heavy atom. The molecule has 1 aromatic rings. The van der Waals surface area contributed by atoms with Gasteiger partial charge in [0.1, 0.15) is 0 Å². The summed E-state index contributed by atoms with van der Waals surface area (Å²) in [7, 11) is 1.67. The Morgan fingerprint density at radius 3 is 2.47 bits per heavy atom. The zero-order chi connectivity index (χ0) is 14.3. The van der Waals surface area contributed by atoms with E-state index < -0.39 is 0 Å². The maximum absolute atomic E-state index is 11.9. The predicted octanol–water partition coefficient (Wildman–Crippen LogP) is 3.34. The average molecular weight is 328 g/mol. The molecular formula is C15H22BrNO2. The topological polar surface area (TPSA) is 38.3 Å². The van der Waals surface area contributed by atoms with Crippen molar-refractivity contribution < 1.29 is 9.53 Å². The van der Waals surface area contributed by atoms with Crippen molar-refractivity contribution in [1.82, 2.24) is 5.32 Å². The second-order valence-electron chi connectivity index (χ2n) is 4.87.